The number of esters is 1. The summed E-state index contributed by atoms with van der Waals surface area (Å²) in [6.07, 6.45) is 5.42. The Morgan fingerprint density at radius 3 is 2.95 bits per heavy atom. The van der Waals surface area contributed by atoms with Crippen molar-refractivity contribution < 1.29 is 9.53 Å². The van der Waals surface area contributed by atoms with Crippen LogP contribution in [0.1, 0.15) is 24.2 Å². The van der Waals surface area contributed by atoms with E-state index in [4.69, 9.17) is 10.5 Å². The number of imidazole rings is 1. The Morgan fingerprint density at radius 1 is 1.52 bits per heavy atom. The Labute approximate surface area is 123 Å². The van der Waals surface area contributed by atoms with Gasteiger partial charge in [-0.15, -0.1) is 0 Å². The lowest BCUT2D eigenvalue weighted by molar-refractivity contribution is 0.0526. The highest BCUT2D eigenvalue weighted by Crippen LogP contribution is 2.21. The molecular formula is C15H20N4O2. The minimum Gasteiger partial charge on any atom is -0.462 e. The van der Waals surface area contributed by atoms with Gasteiger partial charge in [-0.1, -0.05) is 0 Å². The van der Waals surface area contributed by atoms with Gasteiger partial charge >= 0.3 is 5.97 Å². The second-order valence-corrected chi connectivity index (χ2v) is 4.83. The van der Waals surface area contributed by atoms with Crippen molar-refractivity contribution in [1.82, 2.24) is 9.55 Å². The van der Waals surface area contributed by atoms with Gasteiger partial charge in [0.05, 0.1) is 29.9 Å². The van der Waals surface area contributed by atoms with Crippen molar-refractivity contribution in [2.75, 3.05) is 17.7 Å². The molecule has 0 radical (unpaired) electrons. The Morgan fingerprint density at radius 2 is 2.33 bits per heavy atom. The van der Waals surface area contributed by atoms with Gasteiger partial charge in [0.15, 0.2) is 0 Å². The standard InChI is InChI=1S/C15H20N4O2/c1-3-21-15(20)12-4-5-14(13(16)8-12)18-11(2)9-19-7-6-17-10-19/h4-8,10-11,18H,3,9,16H2,1-2H3. The van der Waals surface area contributed by atoms with Gasteiger partial charge in [-0.25, -0.2) is 9.78 Å². The summed E-state index contributed by atoms with van der Waals surface area (Å²) in [6.45, 7) is 4.95. The SMILES string of the molecule is CCOC(=O)c1ccc(NC(C)Cn2ccnc2)c(N)c1. The molecule has 0 aliphatic heterocycles. The molecular weight excluding hydrogens is 268 g/mol. The Kier molecular flexibility index (Phi) is 4.81. The van der Waals surface area contributed by atoms with E-state index in [1.54, 1.807) is 37.6 Å². The summed E-state index contributed by atoms with van der Waals surface area (Å²) < 4.78 is 6.94. The molecule has 0 amide bonds. The lowest BCUT2D eigenvalue weighted by Crippen LogP contribution is -2.22. The summed E-state index contributed by atoms with van der Waals surface area (Å²) in [6, 6.07) is 5.31. The molecule has 1 heterocycles. The molecule has 3 N–H and O–H groups in total. The first-order valence-electron chi connectivity index (χ1n) is 6.89. The number of nitrogens with one attached hydrogen (secondary N) is 1. The normalized spacial score (nSPS) is 11.9. The van der Waals surface area contributed by atoms with Crippen LogP contribution in [0.15, 0.2) is 36.9 Å². The molecule has 6 heteroatoms. The number of hydrogen-bond donors (Lipinski definition) is 2. The average Bonchev–Trinajstić information content (AvgIpc) is 2.94. The maximum atomic E-state index is 11.6. The van der Waals surface area contributed by atoms with Crippen LogP contribution in [0.2, 0.25) is 0 Å². The van der Waals surface area contributed by atoms with Crippen molar-refractivity contribution in [1.29, 1.82) is 0 Å². The number of rotatable bonds is 6. The third-order valence-corrected chi connectivity index (χ3v) is 3.01. The van der Waals surface area contributed by atoms with Crippen molar-refractivity contribution in [3.05, 3.63) is 42.5 Å². The molecule has 0 bridgehead atoms. The predicted octanol–water partition coefficient (Wildman–Crippen LogP) is 2.14. The van der Waals surface area contributed by atoms with Gasteiger partial charge < -0.3 is 20.4 Å². The van der Waals surface area contributed by atoms with Gasteiger partial charge in [-0.3, -0.25) is 0 Å². The van der Waals surface area contributed by atoms with Crippen LogP contribution in [0, 0.1) is 0 Å². The number of carbonyl (C=O) groups excluding carboxylic acids is 1. The largest absolute Gasteiger partial charge is 0.462 e. The van der Waals surface area contributed by atoms with Gasteiger partial charge in [0, 0.05) is 25.0 Å². The van der Waals surface area contributed by atoms with Gasteiger partial charge in [-0.2, -0.15) is 0 Å². The fraction of sp³-hybridized carbons (Fsp3) is 0.333. The molecule has 112 valence electrons. The Hall–Kier alpha value is -2.50. The molecule has 1 aromatic carbocycles. The minimum absolute atomic E-state index is 0.176. The van der Waals surface area contributed by atoms with Crippen molar-refractivity contribution in [2.24, 2.45) is 0 Å². The molecule has 6 nitrogen and oxygen atoms in total. The molecule has 1 aromatic heterocycles. The fourth-order valence-electron chi connectivity index (χ4n) is 2.06. The second-order valence-electron chi connectivity index (χ2n) is 4.83. The van der Waals surface area contributed by atoms with Crippen LogP contribution in [0.3, 0.4) is 0 Å². The lowest BCUT2D eigenvalue weighted by Gasteiger charge is -2.17. The first-order chi connectivity index (χ1) is 10.1. The van der Waals surface area contributed by atoms with E-state index in [9.17, 15) is 4.79 Å². The third-order valence-electron chi connectivity index (χ3n) is 3.01. The van der Waals surface area contributed by atoms with Crippen LogP contribution in [0.4, 0.5) is 11.4 Å². The first kappa shape index (κ1) is 14.9. The molecule has 0 spiro atoms. The smallest absolute Gasteiger partial charge is 0.338 e. The zero-order valence-electron chi connectivity index (χ0n) is 12.2. The summed E-state index contributed by atoms with van der Waals surface area (Å²) in [5.74, 6) is -0.359. The highest BCUT2D eigenvalue weighted by atomic mass is 16.5. The van der Waals surface area contributed by atoms with Crippen molar-refractivity contribution in [3.63, 3.8) is 0 Å². The monoisotopic (exact) mass is 288 g/mol. The first-order valence-corrected chi connectivity index (χ1v) is 6.89. The Balaban J connectivity index is 2.02. The second kappa shape index (κ2) is 6.78. The number of aromatic nitrogens is 2. The number of nitrogen functional groups attached to an aromatic ring is 1. The summed E-state index contributed by atoms with van der Waals surface area (Å²) in [5.41, 5.74) is 7.78. The summed E-state index contributed by atoms with van der Waals surface area (Å²) in [4.78, 5) is 15.6. The van der Waals surface area contributed by atoms with Crippen LogP contribution >= 0.6 is 0 Å². The van der Waals surface area contributed by atoms with E-state index in [-0.39, 0.29) is 12.0 Å². The number of ether oxygens (including phenoxy) is 1. The van der Waals surface area contributed by atoms with Crippen LogP contribution in [-0.2, 0) is 11.3 Å². The van der Waals surface area contributed by atoms with Gasteiger partial charge in [-0.05, 0) is 32.0 Å². The molecule has 0 saturated heterocycles. The fourth-order valence-corrected chi connectivity index (χ4v) is 2.06. The van der Waals surface area contributed by atoms with E-state index in [0.29, 0.717) is 17.9 Å². The van der Waals surface area contributed by atoms with E-state index in [1.165, 1.54) is 0 Å². The number of nitrogens with zero attached hydrogens (tertiary/aromatic N) is 2. The van der Waals surface area contributed by atoms with Crippen molar-refractivity contribution in [2.45, 2.75) is 26.4 Å². The van der Waals surface area contributed by atoms with Crippen LogP contribution < -0.4 is 11.1 Å². The molecule has 2 aromatic rings. The third kappa shape index (κ3) is 3.98. The van der Waals surface area contributed by atoms with E-state index in [2.05, 4.69) is 17.2 Å². The zero-order valence-corrected chi connectivity index (χ0v) is 12.2. The molecule has 0 aliphatic carbocycles. The Bertz CT molecular complexity index is 596. The topological polar surface area (TPSA) is 82.2 Å². The highest BCUT2D eigenvalue weighted by molar-refractivity contribution is 5.91. The number of hydrogen-bond acceptors (Lipinski definition) is 5. The predicted molar refractivity (Wildman–Crippen MR) is 82.1 cm³/mol. The van der Waals surface area contributed by atoms with Gasteiger partial charge in [0.1, 0.15) is 0 Å². The molecule has 0 saturated carbocycles. The van der Waals surface area contributed by atoms with E-state index >= 15 is 0 Å². The summed E-state index contributed by atoms with van der Waals surface area (Å²) >= 11 is 0. The summed E-state index contributed by atoms with van der Waals surface area (Å²) in [5, 5.41) is 3.32. The molecule has 1 atom stereocenters. The quantitative estimate of drug-likeness (QED) is 0.628. The lowest BCUT2D eigenvalue weighted by atomic mass is 10.1. The van der Waals surface area contributed by atoms with Crippen molar-refractivity contribution in [3.8, 4) is 0 Å². The van der Waals surface area contributed by atoms with E-state index in [0.717, 1.165) is 12.2 Å². The number of carbonyl (C=O) groups is 1. The molecule has 1 unspecified atom stereocenters. The maximum Gasteiger partial charge on any atom is 0.338 e. The van der Waals surface area contributed by atoms with Crippen LogP contribution in [0.25, 0.3) is 0 Å². The van der Waals surface area contributed by atoms with Crippen LogP contribution in [-0.4, -0.2) is 28.2 Å². The van der Waals surface area contributed by atoms with Gasteiger partial charge in [0.25, 0.3) is 0 Å². The molecule has 0 aliphatic rings. The number of anilines is 2. The average molecular weight is 288 g/mol. The minimum atomic E-state index is -0.359. The highest BCUT2D eigenvalue weighted by Gasteiger charge is 2.10. The van der Waals surface area contributed by atoms with E-state index < -0.39 is 0 Å². The molecule has 21 heavy (non-hydrogen) atoms. The molecule has 2 rings (SSSR count). The summed E-state index contributed by atoms with van der Waals surface area (Å²) in [7, 11) is 0. The van der Waals surface area contributed by atoms with Crippen molar-refractivity contribution >= 4 is 17.3 Å². The van der Waals surface area contributed by atoms with Crippen LogP contribution in [0.5, 0.6) is 0 Å². The number of nitrogens with two attached hydrogens (primary N) is 1. The van der Waals surface area contributed by atoms with E-state index in [1.807, 2.05) is 10.8 Å². The van der Waals surface area contributed by atoms with Gasteiger partial charge in [0.2, 0.25) is 0 Å². The zero-order chi connectivity index (χ0) is 15.2. The molecule has 0 fully saturated rings. The maximum absolute atomic E-state index is 11.6. The number of benzene rings is 1.